The van der Waals surface area contributed by atoms with E-state index < -0.39 is 5.66 Å². The zero-order valence-corrected chi connectivity index (χ0v) is 20.8. The number of rotatable bonds is 6. The van der Waals surface area contributed by atoms with Gasteiger partial charge in [0.2, 0.25) is 5.91 Å². The van der Waals surface area contributed by atoms with Gasteiger partial charge in [-0.1, -0.05) is 36.4 Å². The summed E-state index contributed by atoms with van der Waals surface area (Å²) in [5.74, 6) is 0.951. The van der Waals surface area contributed by atoms with Gasteiger partial charge < -0.3 is 15.0 Å². The van der Waals surface area contributed by atoms with E-state index in [9.17, 15) is 4.79 Å². The molecule has 4 rings (SSSR count). The zero-order valence-electron chi connectivity index (χ0n) is 19.2. The van der Waals surface area contributed by atoms with Crippen molar-refractivity contribution in [3.8, 4) is 5.75 Å². The summed E-state index contributed by atoms with van der Waals surface area (Å²) in [7, 11) is 1.65. The zero-order chi connectivity index (χ0) is 23.4. The first-order valence-electron chi connectivity index (χ1n) is 11.2. The van der Waals surface area contributed by atoms with Crippen LogP contribution in [0.25, 0.3) is 0 Å². The molecule has 0 bridgehead atoms. The lowest BCUT2D eigenvalue weighted by Crippen LogP contribution is -2.41. The fourth-order valence-electron chi connectivity index (χ4n) is 4.07. The van der Waals surface area contributed by atoms with Crippen LogP contribution in [0.3, 0.4) is 0 Å². The van der Waals surface area contributed by atoms with Crippen molar-refractivity contribution < 1.29 is 9.53 Å². The number of nitrogens with zero attached hydrogens (tertiary/aromatic N) is 3. The topological polar surface area (TPSA) is 66.3 Å². The Bertz CT molecular complexity index is 1080. The molecule has 1 saturated heterocycles. The Labute approximate surface area is 204 Å². The van der Waals surface area contributed by atoms with Gasteiger partial charge >= 0.3 is 0 Å². The second kappa shape index (κ2) is 10.3. The number of methoxy groups -OCH3 is 1. The number of nitrogens with one attached hydrogen (secondary N) is 1. The second-order valence-corrected chi connectivity index (χ2v) is 9.64. The largest absolute Gasteiger partial charge is 0.497 e. The third kappa shape index (κ3) is 5.42. The predicted octanol–water partition coefficient (Wildman–Crippen LogP) is 5.04. The maximum absolute atomic E-state index is 12.7. The summed E-state index contributed by atoms with van der Waals surface area (Å²) in [5.41, 5.74) is 3.01. The number of thioether (sulfide) groups is 1. The van der Waals surface area contributed by atoms with Crippen molar-refractivity contribution in [3.05, 3.63) is 58.6 Å². The summed E-state index contributed by atoms with van der Waals surface area (Å²) in [6.45, 7) is 7.08. The van der Waals surface area contributed by atoms with Crippen LogP contribution in [0.15, 0.2) is 52.4 Å². The molecule has 2 aromatic carbocycles. The number of anilines is 1. The van der Waals surface area contributed by atoms with E-state index in [-0.39, 0.29) is 11.7 Å². The first-order valence-corrected chi connectivity index (χ1v) is 12.5. The number of ether oxygens (including phenoxy) is 1. The average molecular weight is 485 g/mol. The number of halogens is 1. The Morgan fingerprint density at radius 1 is 1.18 bits per heavy atom. The standard InChI is InChI=1S/C25H29ClN4O2S/c1-4-30-14-12-25(13-15-30)28-23(18-8-10-19(32-3)11-9-18)24(29-25)33-16-22(31)27-21-7-5-6-20(26)17(21)2/h5-11H,4,12-16H2,1-3H3,(H,27,31). The molecule has 0 aromatic heterocycles. The first kappa shape index (κ1) is 23.8. The van der Waals surface area contributed by atoms with Gasteiger partial charge in [0, 0.05) is 42.2 Å². The molecule has 0 radical (unpaired) electrons. The van der Waals surface area contributed by atoms with Crippen LogP contribution in [-0.2, 0) is 4.79 Å². The highest BCUT2D eigenvalue weighted by Crippen LogP contribution is 2.36. The van der Waals surface area contributed by atoms with Gasteiger partial charge in [0.1, 0.15) is 10.8 Å². The highest BCUT2D eigenvalue weighted by atomic mass is 35.5. The molecule has 1 amide bonds. The number of piperidine rings is 1. The Morgan fingerprint density at radius 3 is 2.58 bits per heavy atom. The van der Waals surface area contributed by atoms with E-state index in [4.69, 9.17) is 26.3 Å². The van der Waals surface area contributed by atoms with E-state index in [0.29, 0.717) is 5.02 Å². The molecule has 6 nitrogen and oxygen atoms in total. The molecule has 0 unspecified atom stereocenters. The molecular formula is C25H29ClN4O2S. The molecular weight excluding hydrogens is 456 g/mol. The number of benzene rings is 2. The predicted molar refractivity (Wildman–Crippen MR) is 138 cm³/mol. The molecule has 0 saturated carbocycles. The van der Waals surface area contributed by atoms with Crippen molar-refractivity contribution in [1.82, 2.24) is 4.90 Å². The van der Waals surface area contributed by atoms with Crippen LogP contribution >= 0.6 is 23.4 Å². The van der Waals surface area contributed by atoms with Crippen molar-refractivity contribution in [3.63, 3.8) is 0 Å². The lowest BCUT2D eigenvalue weighted by molar-refractivity contribution is -0.113. The molecule has 2 aliphatic heterocycles. The Morgan fingerprint density at radius 2 is 1.91 bits per heavy atom. The number of likely N-dealkylation sites (tertiary alicyclic amines) is 1. The van der Waals surface area contributed by atoms with Crippen LogP contribution in [-0.4, -0.2) is 59.7 Å². The third-order valence-electron chi connectivity index (χ3n) is 6.18. The van der Waals surface area contributed by atoms with Crippen molar-refractivity contribution in [2.75, 3.05) is 37.8 Å². The van der Waals surface area contributed by atoms with Gasteiger partial charge in [-0.3, -0.25) is 9.79 Å². The molecule has 2 aliphatic rings. The van der Waals surface area contributed by atoms with Gasteiger partial charge in [0.25, 0.3) is 0 Å². The fraction of sp³-hybridized carbons (Fsp3) is 0.400. The number of amides is 1. The fourth-order valence-corrected chi connectivity index (χ4v) is 5.12. The van der Waals surface area contributed by atoms with Crippen LogP contribution in [0.5, 0.6) is 5.75 Å². The minimum atomic E-state index is -0.427. The van der Waals surface area contributed by atoms with Gasteiger partial charge in [-0.05, 0) is 55.4 Å². The average Bonchev–Trinajstić information content (AvgIpc) is 3.19. The molecule has 33 heavy (non-hydrogen) atoms. The van der Waals surface area contributed by atoms with Gasteiger partial charge in [-0.2, -0.15) is 0 Å². The van der Waals surface area contributed by atoms with Crippen molar-refractivity contribution in [2.24, 2.45) is 9.98 Å². The molecule has 2 aromatic rings. The van der Waals surface area contributed by atoms with Gasteiger partial charge in [-0.25, -0.2) is 4.99 Å². The van der Waals surface area contributed by atoms with Gasteiger partial charge in [-0.15, -0.1) is 0 Å². The van der Waals surface area contributed by atoms with Gasteiger partial charge in [0.15, 0.2) is 5.66 Å². The Kier molecular flexibility index (Phi) is 7.41. The molecule has 2 heterocycles. The normalized spacial score (nSPS) is 17.6. The number of carbonyl (C=O) groups excluding carboxylic acids is 1. The number of hydrogen-bond acceptors (Lipinski definition) is 6. The molecule has 1 fully saturated rings. The smallest absolute Gasteiger partial charge is 0.234 e. The summed E-state index contributed by atoms with van der Waals surface area (Å²) in [4.78, 5) is 25.3. The maximum Gasteiger partial charge on any atom is 0.234 e. The van der Waals surface area contributed by atoms with E-state index >= 15 is 0 Å². The summed E-state index contributed by atoms with van der Waals surface area (Å²) < 4.78 is 5.30. The summed E-state index contributed by atoms with van der Waals surface area (Å²) >= 11 is 7.62. The highest BCUT2D eigenvalue weighted by Gasteiger charge is 2.39. The summed E-state index contributed by atoms with van der Waals surface area (Å²) in [5, 5.41) is 4.42. The molecule has 0 atom stereocenters. The second-order valence-electron chi connectivity index (χ2n) is 8.27. The SMILES string of the molecule is CCN1CCC2(CC1)N=C(SCC(=O)Nc1cccc(Cl)c1C)C(c1ccc(OC)cc1)=N2. The third-order valence-corrected chi connectivity index (χ3v) is 7.56. The minimum Gasteiger partial charge on any atom is -0.497 e. The number of aliphatic imine (C=N–C) groups is 2. The summed E-state index contributed by atoms with van der Waals surface area (Å²) in [6.07, 6.45) is 1.77. The van der Waals surface area contributed by atoms with Crippen LogP contribution in [0.4, 0.5) is 5.69 Å². The summed E-state index contributed by atoms with van der Waals surface area (Å²) in [6, 6.07) is 13.4. The Balaban J connectivity index is 1.52. The number of hydrogen-bond donors (Lipinski definition) is 1. The Hall–Kier alpha value is -2.35. The molecule has 8 heteroatoms. The van der Waals surface area contributed by atoms with E-state index in [0.717, 1.165) is 65.8 Å². The van der Waals surface area contributed by atoms with Crippen LogP contribution in [0.1, 0.15) is 30.9 Å². The van der Waals surface area contributed by atoms with Crippen LogP contribution in [0, 0.1) is 6.92 Å². The monoisotopic (exact) mass is 484 g/mol. The van der Waals surface area contributed by atoms with Crippen LogP contribution in [0.2, 0.25) is 5.02 Å². The first-order chi connectivity index (χ1) is 15.9. The van der Waals surface area contributed by atoms with E-state index in [1.165, 1.54) is 11.8 Å². The lowest BCUT2D eigenvalue weighted by atomic mass is 9.98. The lowest BCUT2D eigenvalue weighted by Gasteiger charge is -2.34. The molecule has 1 spiro atoms. The molecule has 1 N–H and O–H groups in total. The van der Waals surface area contributed by atoms with E-state index in [1.54, 1.807) is 7.11 Å². The maximum atomic E-state index is 12.7. The molecule has 174 valence electrons. The van der Waals surface area contributed by atoms with Crippen LogP contribution < -0.4 is 10.1 Å². The van der Waals surface area contributed by atoms with Crippen molar-refractivity contribution in [2.45, 2.75) is 32.4 Å². The van der Waals surface area contributed by atoms with E-state index in [2.05, 4.69) is 17.1 Å². The van der Waals surface area contributed by atoms with Gasteiger partial charge in [0.05, 0.1) is 18.6 Å². The van der Waals surface area contributed by atoms with Crippen molar-refractivity contribution >= 4 is 45.7 Å². The quantitative estimate of drug-likeness (QED) is 0.623. The highest BCUT2D eigenvalue weighted by molar-refractivity contribution is 8.16. The molecule has 0 aliphatic carbocycles. The van der Waals surface area contributed by atoms with Crippen molar-refractivity contribution in [1.29, 1.82) is 0 Å². The number of carbonyl (C=O) groups is 1. The van der Waals surface area contributed by atoms with E-state index in [1.807, 2.05) is 49.4 Å². The minimum absolute atomic E-state index is 0.0936.